The molecule has 92 valence electrons. The van der Waals surface area contributed by atoms with E-state index in [9.17, 15) is 9.59 Å². The molecule has 1 aromatic heterocycles. The van der Waals surface area contributed by atoms with Crippen molar-refractivity contribution in [2.45, 2.75) is 6.92 Å². The summed E-state index contributed by atoms with van der Waals surface area (Å²) in [4.78, 5) is 25.5. The molecule has 0 aliphatic carbocycles. The molecular formula is C13H10BrNO3. The number of aromatic amines is 1. The van der Waals surface area contributed by atoms with Gasteiger partial charge in [0.05, 0.1) is 0 Å². The van der Waals surface area contributed by atoms with Gasteiger partial charge < -0.3 is 10.1 Å². The van der Waals surface area contributed by atoms with E-state index >= 15 is 0 Å². The number of ketones is 1. The van der Waals surface area contributed by atoms with Gasteiger partial charge in [-0.25, -0.2) is 4.79 Å². The third-order valence-electron chi connectivity index (χ3n) is 2.61. The van der Waals surface area contributed by atoms with Crippen molar-refractivity contribution < 1.29 is 14.7 Å². The largest absolute Gasteiger partial charge is 0.477 e. The van der Waals surface area contributed by atoms with E-state index in [4.69, 9.17) is 5.11 Å². The van der Waals surface area contributed by atoms with Crippen LogP contribution in [0.5, 0.6) is 0 Å². The van der Waals surface area contributed by atoms with E-state index in [1.165, 1.54) is 12.3 Å². The predicted molar refractivity (Wildman–Crippen MR) is 70.1 cm³/mol. The average molecular weight is 308 g/mol. The number of H-pyrrole nitrogens is 1. The Kier molecular flexibility index (Phi) is 3.34. The number of aromatic nitrogens is 1. The molecule has 2 N–H and O–H groups in total. The normalized spacial score (nSPS) is 10.3. The molecule has 4 nitrogen and oxygen atoms in total. The van der Waals surface area contributed by atoms with E-state index in [-0.39, 0.29) is 11.5 Å². The number of aromatic carboxylic acids is 1. The minimum atomic E-state index is -1.09. The average Bonchev–Trinajstić information content (AvgIpc) is 2.81. The van der Waals surface area contributed by atoms with Gasteiger partial charge in [-0.1, -0.05) is 12.1 Å². The van der Waals surface area contributed by atoms with Gasteiger partial charge in [-0.05, 0) is 40.5 Å². The van der Waals surface area contributed by atoms with Gasteiger partial charge in [-0.3, -0.25) is 4.79 Å². The van der Waals surface area contributed by atoms with Crippen LogP contribution in [0.2, 0.25) is 0 Å². The summed E-state index contributed by atoms with van der Waals surface area (Å²) in [5.74, 6) is -1.30. The fraction of sp³-hybridized carbons (Fsp3) is 0.0769. The Morgan fingerprint density at radius 3 is 2.67 bits per heavy atom. The molecule has 0 atom stereocenters. The van der Waals surface area contributed by atoms with Crippen LogP contribution >= 0.6 is 15.9 Å². The highest BCUT2D eigenvalue weighted by Crippen LogP contribution is 2.23. The molecule has 0 radical (unpaired) electrons. The third kappa shape index (κ3) is 2.22. The van der Waals surface area contributed by atoms with Crippen molar-refractivity contribution in [2.24, 2.45) is 0 Å². The molecule has 0 saturated carbocycles. The molecule has 0 saturated heterocycles. The highest BCUT2D eigenvalue weighted by Gasteiger charge is 2.16. The minimum Gasteiger partial charge on any atom is -0.477 e. The number of carboxylic acid groups (broad SMARTS) is 1. The van der Waals surface area contributed by atoms with Gasteiger partial charge in [0.2, 0.25) is 0 Å². The van der Waals surface area contributed by atoms with Crippen molar-refractivity contribution in [3.05, 3.63) is 57.3 Å². The lowest BCUT2D eigenvalue weighted by molar-refractivity contribution is 0.0691. The summed E-state index contributed by atoms with van der Waals surface area (Å²) < 4.78 is 0.730. The first-order valence-corrected chi connectivity index (χ1v) is 6.01. The number of halogens is 1. The van der Waals surface area contributed by atoms with E-state index in [0.717, 1.165) is 10.0 Å². The van der Waals surface area contributed by atoms with Gasteiger partial charge in [0.1, 0.15) is 5.69 Å². The number of rotatable bonds is 3. The summed E-state index contributed by atoms with van der Waals surface area (Å²) in [5.41, 5.74) is 1.81. The summed E-state index contributed by atoms with van der Waals surface area (Å²) in [7, 11) is 0. The van der Waals surface area contributed by atoms with Gasteiger partial charge in [-0.15, -0.1) is 0 Å². The number of hydrogen-bond acceptors (Lipinski definition) is 2. The summed E-state index contributed by atoms with van der Waals surface area (Å²) in [6.45, 7) is 1.89. The zero-order valence-corrected chi connectivity index (χ0v) is 11.1. The van der Waals surface area contributed by atoms with Crippen LogP contribution in [0.1, 0.15) is 32.0 Å². The minimum absolute atomic E-state index is 0.00197. The first kappa shape index (κ1) is 12.6. The topological polar surface area (TPSA) is 70.2 Å². The fourth-order valence-corrected chi connectivity index (χ4v) is 2.07. The van der Waals surface area contributed by atoms with Gasteiger partial charge in [0.25, 0.3) is 0 Å². The van der Waals surface area contributed by atoms with Crippen molar-refractivity contribution >= 4 is 27.7 Å². The van der Waals surface area contributed by atoms with Crippen molar-refractivity contribution in [1.82, 2.24) is 4.98 Å². The maximum Gasteiger partial charge on any atom is 0.352 e. The quantitative estimate of drug-likeness (QED) is 0.856. The van der Waals surface area contributed by atoms with Crippen molar-refractivity contribution in [3.63, 3.8) is 0 Å². The second-order valence-electron chi connectivity index (χ2n) is 3.87. The molecule has 0 aliphatic rings. The molecule has 0 spiro atoms. The van der Waals surface area contributed by atoms with Gasteiger partial charge in [0.15, 0.2) is 5.78 Å². The van der Waals surface area contributed by atoms with Crippen molar-refractivity contribution in [3.8, 4) is 0 Å². The molecule has 0 aliphatic heterocycles. The van der Waals surface area contributed by atoms with E-state index in [1.807, 2.05) is 13.0 Å². The number of aryl methyl sites for hydroxylation is 1. The van der Waals surface area contributed by atoms with Crippen LogP contribution in [0.3, 0.4) is 0 Å². The summed E-state index contributed by atoms with van der Waals surface area (Å²) in [6.07, 6.45) is 1.40. The monoisotopic (exact) mass is 307 g/mol. The summed E-state index contributed by atoms with van der Waals surface area (Å²) >= 11 is 3.37. The molecule has 0 bridgehead atoms. The highest BCUT2D eigenvalue weighted by molar-refractivity contribution is 9.10. The summed E-state index contributed by atoms with van der Waals surface area (Å²) in [5, 5.41) is 8.80. The molecule has 0 unspecified atom stereocenters. The molecule has 18 heavy (non-hydrogen) atoms. The van der Waals surface area contributed by atoms with E-state index in [1.54, 1.807) is 12.1 Å². The smallest absolute Gasteiger partial charge is 0.352 e. The Balaban J connectivity index is 2.41. The molecular weight excluding hydrogens is 298 g/mol. The van der Waals surface area contributed by atoms with Gasteiger partial charge >= 0.3 is 5.97 Å². The number of nitrogens with one attached hydrogen (secondary N) is 1. The Morgan fingerprint density at radius 2 is 2.06 bits per heavy atom. The first-order valence-electron chi connectivity index (χ1n) is 5.22. The standard InChI is InChI=1S/C13H10BrNO3/c1-7-3-2-4-9(11(7)14)12(16)8-5-10(13(17)18)15-6-8/h2-6,15H,1H3,(H,17,18). The molecule has 1 aromatic carbocycles. The molecule has 0 amide bonds. The summed E-state index contributed by atoms with van der Waals surface area (Å²) in [6, 6.07) is 6.71. The second kappa shape index (κ2) is 4.78. The van der Waals surface area contributed by atoms with Crippen LogP contribution < -0.4 is 0 Å². The maximum absolute atomic E-state index is 12.2. The van der Waals surface area contributed by atoms with Crippen LogP contribution in [-0.2, 0) is 0 Å². The predicted octanol–water partition coefficient (Wildman–Crippen LogP) is 3.01. The van der Waals surface area contributed by atoms with Crippen LogP contribution in [-0.4, -0.2) is 21.8 Å². The van der Waals surface area contributed by atoms with Crippen LogP contribution in [0.25, 0.3) is 0 Å². The second-order valence-corrected chi connectivity index (χ2v) is 4.67. The third-order valence-corrected chi connectivity index (χ3v) is 3.66. The Bertz CT molecular complexity index is 631. The number of carbonyl (C=O) groups is 2. The van der Waals surface area contributed by atoms with Gasteiger partial charge in [-0.2, -0.15) is 0 Å². The lowest BCUT2D eigenvalue weighted by Gasteiger charge is -2.04. The molecule has 2 rings (SSSR count). The SMILES string of the molecule is Cc1cccc(C(=O)c2c[nH]c(C(=O)O)c2)c1Br. The molecule has 0 fully saturated rings. The van der Waals surface area contributed by atoms with Crippen molar-refractivity contribution in [1.29, 1.82) is 0 Å². The highest BCUT2D eigenvalue weighted by atomic mass is 79.9. The molecule has 1 heterocycles. The number of carbonyl (C=O) groups excluding carboxylic acids is 1. The van der Waals surface area contributed by atoms with E-state index in [0.29, 0.717) is 11.1 Å². The van der Waals surface area contributed by atoms with Crippen molar-refractivity contribution in [2.75, 3.05) is 0 Å². The van der Waals surface area contributed by atoms with Crippen LogP contribution in [0.15, 0.2) is 34.9 Å². The van der Waals surface area contributed by atoms with E-state index < -0.39 is 5.97 Å². The lowest BCUT2D eigenvalue weighted by Crippen LogP contribution is -2.02. The number of benzene rings is 1. The van der Waals surface area contributed by atoms with Crippen LogP contribution in [0.4, 0.5) is 0 Å². The fourth-order valence-electron chi connectivity index (χ4n) is 1.63. The first-order chi connectivity index (χ1) is 8.50. The number of hydrogen-bond donors (Lipinski definition) is 2. The zero-order chi connectivity index (χ0) is 13.3. The Morgan fingerprint density at radius 1 is 1.33 bits per heavy atom. The maximum atomic E-state index is 12.2. The lowest BCUT2D eigenvalue weighted by atomic mass is 10.0. The molecule has 5 heteroatoms. The van der Waals surface area contributed by atoms with E-state index in [2.05, 4.69) is 20.9 Å². The number of carboxylic acids is 1. The zero-order valence-electron chi connectivity index (χ0n) is 9.53. The van der Waals surface area contributed by atoms with Gasteiger partial charge in [0, 0.05) is 21.8 Å². The van der Waals surface area contributed by atoms with Crippen LogP contribution in [0, 0.1) is 6.92 Å². The Labute approximate surface area is 112 Å². The molecule has 2 aromatic rings. The Hall–Kier alpha value is -1.88.